The van der Waals surface area contributed by atoms with Crippen LogP contribution in [0.5, 0.6) is 0 Å². The molecule has 25 heavy (non-hydrogen) atoms. The summed E-state index contributed by atoms with van der Waals surface area (Å²) in [6, 6.07) is 9.79. The number of piperazine rings is 1. The van der Waals surface area contributed by atoms with Crippen LogP contribution in [0.1, 0.15) is 28.5 Å². The van der Waals surface area contributed by atoms with Crippen LogP contribution in [-0.2, 0) is 0 Å². The van der Waals surface area contributed by atoms with Crippen LogP contribution >= 0.6 is 0 Å². The molecule has 0 spiro atoms. The Labute approximate surface area is 149 Å². The molecule has 1 aromatic carbocycles. The Morgan fingerprint density at radius 2 is 1.76 bits per heavy atom. The SMILES string of the molecule is CCN1CCN(c2ccc(C(=O)Nc3c(C)cccc3C)nc2)CC1. The molecule has 1 amide bonds. The largest absolute Gasteiger partial charge is 0.368 e. The molecule has 132 valence electrons. The van der Waals surface area contributed by atoms with Crippen molar-refractivity contribution in [2.45, 2.75) is 20.8 Å². The average molecular weight is 338 g/mol. The molecule has 0 saturated carbocycles. The molecule has 1 aromatic heterocycles. The number of benzene rings is 1. The van der Waals surface area contributed by atoms with E-state index in [-0.39, 0.29) is 5.91 Å². The standard InChI is InChI=1S/C20H26N4O/c1-4-23-10-12-24(13-11-23)17-8-9-18(21-14-17)20(25)22-19-15(2)6-5-7-16(19)3/h5-9,14H,4,10-13H2,1-3H3,(H,22,25). The molecule has 1 fully saturated rings. The Kier molecular flexibility index (Phi) is 5.34. The number of pyridine rings is 1. The molecule has 2 heterocycles. The van der Waals surface area contributed by atoms with Gasteiger partial charge in [0.15, 0.2) is 0 Å². The number of anilines is 2. The van der Waals surface area contributed by atoms with E-state index < -0.39 is 0 Å². The molecular weight excluding hydrogens is 312 g/mol. The number of hydrogen-bond acceptors (Lipinski definition) is 4. The summed E-state index contributed by atoms with van der Waals surface area (Å²) in [6.45, 7) is 11.4. The van der Waals surface area contributed by atoms with Gasteiger partial charge in [0.25, 0.3) is 5.91 Å². The van der Waals surface area contributed by atoms with Crippen molar-refractivity contribution < 1.29 is 4.79 Å². The number of aromatic nitrogens is 1. The second-order valence-corrected chi connectivity index (χ2v) is 6.54. The first-order valence-corrected chi connectivity index (χ1v) is 8.89. The zero-order chi connectivity index (χ0) is 17.8. The normalized spacial score (nSPS) is 15.2. The van der Waals surface area contributed by atoms with Crippen molar-refractivity contribution in [3.63, 3.8) is 0 Å². The predicted octanol–water partition coefficient (Wildman–Crippen LogP) is 3.09. The number of nitrogens with one attached hydrogen (secondary N) is 1. The molecule has 0 radical (unpaired) electrons. The molecule has 0 aliphatic carbocycles. The van der Waals surface area contributed by atoms with E-state index in [1.54, 1.807) is 6.20 Å². The summed E-state index contributed by atoms with van der Waals surface area (Å²) >= 11 is 0. The summed E-state index contributed by atoms with van der Waals surface area (Å²) in [6.07, 6.45) is 1.81. The van der Waals surface area contributed by atoms with E-state index in [1.165, 1.54) is 0 Å². The fourth-order valence-corrected chi connectivity index (χ4v) is 3.22. The Balaban J connectivity index is 1.67. The third-order valence-electron chi connectivity index (χ3n) is 4.88. The topological polar surface area (TPSA) is 48.5 Å². The van der Waals surface area contributed by atoms with E-state index in [2.05, 4.69) is 27.0 Å². The number of hydrogen-bond donors (Lipinski definition) is 1. The van der Waals surface area contributed by atoms with E-state index >= 15 is 0 Å². The highest BCUT2D eigenvalue weighted by atomic mass is 16.1. The molecule has 1 saturated heterocycles. The molecular formula is C20H26N4O. The minimum Gasteiger partial charge on any atom is -0.368 e. The smallest absolute Gasteiger partial charge is 0.274 e. The van der Waals surface area contributed by atoms with E-state index in [0.29, 0.717) is 5.69 Å². The molecule has 1 aliphatic heterocycles. The van der Waals surface area contributed by atoms with Crippen molar-refractivity contribution >= 4 is 17.3 Å². The van der Waals surface area contributed by atoms with E-state index in [9.17, 15) is 4.79 Å². The highest BCUT2D eigenvalue weighted by Gasteiger charge is 2.17. The number of aryl methyl sites for hydroxylation is 2. The minimum absolute atomic E-state index is 0.167. The number of amides is 1. The van der Waals surface area contributed by atoms with E-state index in [4.69, 9.17) is 0 Å². The fourth-order valence-electron chi connectivity index (χ4n) is 3.22. The number of nitrogens with zero attached hydrogens (tertiary/aromatic N) is 3. The summed E-state index contributed by atoms with van der Waals surface area (Å²) in [5.41, 5.74) is 4.50. The Bertz CT molecular complexity index is 714. The molecule has 3 rings (SSSR count). The van der Waals surface area contributed by atoms with Crippen LogP contribution in [0.15, 0.2) is 36.5 Å². The zero-order valence-electron chi connectivity index (χ0n) is 15.2. The number of likely N-dealkylation sites (N-methyl/N-ethyl adjacent to an activating group) is 1. The number of carbonyl (C=O) groups is 1. The van der Waals surface area contributed by atoms with Crippen LogP contribution in [-0.4, -0.2) is 48.5 Å². The molecule has 0 bridgehead atoms. The van der Waals surface area contributed by atoms with Gasteiger partial charge in [-0.05, 0) is 43.7 Å². The van der Waals surface area contributed by atoms with Crippen molar-refractivity contribution in [3.05, 3.63) is 53.3 Å². The fraction of sp³-hybridized carbons (Fsp3) is 0.400. The molecule has 5 nitrogen and oxygen atoms in total. The first-order chi connectivity index (χ1) is 12.1. The van der Waals surface area contributed by atoms with E-state index in [1.807, 2.05) is 44.2 Å². The minimum atomic E-state index is -0.167. The quantitative estimate of drug-likeness (QED) is 0.931. The van der Waals surface area contributed by atoms with Gasteiger partial charge in [0.05, 0.1) is 11.9 Å². The maximum atomic E-state index is 12.5. The van der Waals surface area contributed by atoms with Gasteiger partial charge in [-0.2, -0.15) is 0 Å². The first-order valence-electron chi connectivity index (χ1n) is 8.89. The van der Waals surface area contributed by atoms with Gasteiger partial charge in [-0.15, -0.1) is 0 Å². The summed E-state index contributed by atoms with van der Waals surface area (Å²) in [5.74, 6) is -0.167. The molecule has 5 heteroatoms. The summed E-state index contributed by atoms with van der Waals surface area (Å²) in [4.78, 5) is 21.6. The van der Waals surface area contributed by atoms with Crippen molar-refractivity contribution in [2.75, 3.05) is 42.9 Å². The average Bonchev–Trinajstić information content (AvgIpc) is 2.65. The number of para-hydroxylation sites is 1. The Morgan fingerprint density at radius 1 is 1.08 bits per heavy atom. The van der Waals surface area contributed by atoms with Gasteiger partial charge in [-0.3, -0.25) is 4.79 Å². The van der Waals surface area contributed by atoms with Crippen LogP contribution in [0.2, 0.25) is 0 Å². The van der Waals surface area contributed by atoms with Gasteiger partial charge in [0, 0.05) is 31.9 Å². The summed E-state index contributed by atoms with van der Waals surface area (Å²) in [7, 11) is 0. The Morgan fingerprint density at radius 3 is 2.32 bits per heavy atom. The van der Waals surface area contributed by atoms with Crippen molar-refractivity contribution in [2.24, 2.45) is 0 Å². The maximum absolute atomic E-state index is 12.5. The van der Waals surface area contributed by atoms with Gasteiger partial charge < -0.3 is 15.1 Å². The molecule has 1 aliphatic rings. The third-order valence-corrected chi connectivity index (χ3v) is 4.88. The number of carbonyl (C=O) groups excluding carboxylic acids is 1. The zero-order valence-corrected chi connectivity index (χ0v) is 15.2. The van der Waals surface area contributed by atoms with Gasteiger partial charge in [0.1, 0.15) is 5.69 Å². The van der Waals surface area contributed by atoms with Crippen molar-refractivity contribution in [1.29, 1.82) is 0 Å². The second-order valence-electron chi connectivity index (χ2n) is 6.54. The van der Waals surface area contributed by atoms with Gasteiger partial charge >= 0.3 is 0 Å². The maximum Gasteiger partial charge on any atom is 0.274 e. The molecule has 0 unspecified atom stereocenters. The lowest BCUT2D eigenvalue weighted by Gasteiger charge is -2.35. The lowest BCUT2D eigenvalue weighted by molar-refractivity contribution is 0.102. The molecule has 2 aromatic rings. The van der Waals surface area contributed by atoms with Crippen molar-refractivity contribution in [3.8, 4) is 0 Å². The highest BCUT2D eigenvalue weighted by molar-refractivity contribution is 6.03. The predicted molar refractivity (Wildman–Crippen MR) is 102 cm³/mol. The highest BCUT2D eigenvalue weighted by Crippen LogP contribution is 2.21. The molecule has 0 atom stereocenters. The van der Waals surface area contributed by atoms with Crippen LogP contribution < -0.4 is 10.2 Å². The number of rotatable bonds is 4. The van der Waals surface area contributed by atoms with Crippen LogP contribution in [0.25, 0.3) is 0 Å². The monoisotopic (exact) mass is 338 g/mol. The first kappa shape index (κ1) is 17.4. The van der Waals surface area contributed by atoms with E-state index in [0.717, 1.165) is 55.2 Å². The summed E-state index contributed by atoms with van der Waals surface area (Å²) in [5, 5.41) is 2.99. The van der Waals surface area contributed by atoms with Crippen molar-refractivity contribution in [1.82, 2.24) is 9.88 Å². The van der Waals surface area contributed by atoms with Gasteiger partial charge in [0.2, 0.25) is 0 Å². The third kappa shape index (κ3) is 3.99. The van der Waals surface area contributed by atoms with Crippen LogP contribution in [0.4, 0.5) is 11.4 Å². The van der Waals surface area contributed by atoms with Crippen LogP contribution in [0, 0.1) is 13.8 Å². The summed E-state index contributed by atoms with van der Waals surface area (Å²) < 4.78 is 0. The van der Waals surface area contributed by atoms with Gasteiger partial charge in [-0.25, -0.2) is 4.98 Å². The second kappa shape index (κ2) is 7.66. The molecule has 1 N–H and O–H groups in total. The van der Waals surface area contributed by atoms with Crippen LogP contribution in [0.3, 0.4) is 0 Å². The van der Waals surface area contributed by atoms with Gasteiger partial charge in [-0.1, -0.05) is 25.1 Å². The lowest BCUT2D eigenvalue weighted by Crippen LogP contribution is -2.46. The Hall–Kier alpha value is -2.40. The lowest BCUT2D eigenvalue weighted by atomic mass is 10.1.